The van der Waals surface area contributed by atoms with E-state index in [0.29, 0.717) is 11.4 Å². The molecule has 2 rings (SSSR count). The molecule has 5 heteroatoms. The summed E-state index contributed by atoms with van der Waals surface area (Å²) in [7, 11) is 0. The summed E-state index contributed by atoms with van der Waals surface area (Å²) < 4.78 is 13.9. The summed E-state index contributed by atoms with van der Waals surface area (Å²) in [6.45, 7) is 1.87. The Hall–Kier alpha value is -1.10. The van der Waals surface area contributed by atoms with Crippen molar-refractivity contribution in [3.63, 3.8) is 0 Å². The second kappa shape index (κ2) is 6.77. The van der Waals surface area contributed by atoms with Gasteiger partial charge in [0, 0.05) is 10.2 Å². The highest BCUT2D eigenvalue weighted by Crippen LogP contribution is 2.32. The Morgan fingerprint density at radius 1 is 1.24 bits per heavy atom. The van der Waals surface area contributed by atoms with Gasteiger partial charge in [-0.2, -0.15) is 0 Å². The second-order valence-corrected chi connectivity index (χ2v) is 6.12. The van der Waals surface area contributed by atoms with E-state index in [0.717, 1.165) is 15.7 Å². The Morgan fingerprint density at radius 3 is 2.43 bits per heavy atom. The highest BCUT2D eigenvalue weighted by molar-refractivity contribution is 9.10. The lowest BCUT2D eigenvalue weighted by Gasteiger charge is -2.34. The van der Waals surface area contributed by atoms with Crippen LogP contribution in [0, 0.1) is 5.82 Å². The molecule has 0 saturated carbocycles. The van der Waals surface area contributed by atoms with Gasteiger partial charge in [0.25, 0.3) is 0 Å². The van der Waals surface area contributed by atoms with Crippen LogP contribution in [0.3, 0.4) is 0 Å². The normalized spacial score (nSPS) is 13.8. The molecule has 0 aliphatic carbocycles. The van der Waals surface area contributed by atoms with Crippen LogP contribution < -0.4 is 5.32 Å². The van der Waals surface area contributed by atoms with Crippen molar-refractivity contribution in [1.29, 1.82) is 0 Å². The summed E-state index contributed by atoms with van der Waals surface area (Å²) in [5, 5.41) is 13.8. The van der Waals surface area contributed by atoms with Crippen molar-refractivity contribution < 1.29 is 9.50 Å². The maximum Gasteiger partial charge on any atom is 0.123 e. The van der Waals surface area contributed by atoms with Crippen LogP contribution in [0.25, 0.3) is 0 Å². The number of rotatable bonds is 5. The molecule has 0 saturated heterocycles. The Kier molecular flexibility index (Phi) is 5.25. The van der Waals surface area contributed by atoms with Crippen LogP contribution in [0.15, 0.2) is 46.9 Å². The number of hydrogen-bond donors (Lipinski definition) is 2. The van der Waals surface area contributed by atoms with E-state index in [2.05, 4.69) is 21.2 Å². The van der Waals surface area contributed by atoms with Gasteiger partial charge in [-0.1, -0.05) is 30.7 Å². The van der Waals surface area contributed by atoms with E-state index in [4.69, 9.17) is 11.6 Å². The van der Waals surface area contributed by atoms with Crippen molar-refractivity contribution in [2.75, 3.05) is 11.9 Å². The molecule has 0 aliphatic heterocycles. The largest absolute Gasteiger partial charge is 0.394 e. The van der Waals surface area contributed by atoms with Gasteiger partial charge in [-0.25, -0.2) is 4.39 Å². The maximum atomic E-state index is 13.1. The number of aliphatic hydroxyl groups excluding tert-OH is 1. The van der Waals surface area contributed by atoms with Crippen molar-refractivity contribution in [2.45, 2.75) is 18.9 Å². The maximum absolute atomic E-state index is 13.1. The predicted molar refractivity (Wildman–Crippen MR) is 88.2 cm³/mol. The summed E-state index contributed by atoms with van der Waals surface area (Å²) in [6.07, 6.45) is 0.648. The molecule has 1 atom stereocenters. The Labute approximate surface area is 137 Å². The molecule has 0 bridgehead atoms. The standard InChI is InChI=1S/C16H16BrClFNO/c1-2-16(10-21,11-3-5-12(19)6-4-11)20-13-7-8-15(18)14(17)9-13/h3-9,20-21H,2,10H2,1H3. The van der Waals surface area contributed by atoms with E-state index >= 15 is 0 Å². The van der Waals surface area contributed by atoms with Crippen LogP contribution in [0.4, 0.5) is 10.1 Å². The van der Waals surface area contributed by atoms with Crippen molar-refractivity contribution >= 4 is 33.2 Å². The lowest BCUT2D eigenvalue weighted by Crippen LogP contribution is -2.38. The molecule has 2 nitrogen and oxygen atoms in total. The van der Waals surface area contributed by atoms with E-state index in [9.17, 15) is 9.50 Å². The fraction of sp³-hybridized carbons (Fsp3) is 0.250. The second-order valence-electron chi connectivity index (χ2n) is 4.85. The molecule has 0 aliphatic rings. The minimum Gasteiger partial charge on any atom is -0.394 e. The highest BCUT2D eigenvalue weighted by atomic mass is 79.9. The molecular formula is C16H16BrClFNO. The van der Waals surface area contributed by atoms with Gasteiger partial charge < -0.3 is 10.4 Å². The average Bonchev–Trinajstić information content (AvgIpc) is 2.49. The quantitative estimate of drug-likeness (QED) is 0.778. The number of hydrogen-bond acceptors (Lipinski definition) is 2. The SMILES string of the molecule is CCC(CO)(Nc1ccc(Cl)c(Br)c1)c1ccc(F)cc1. The van der Waals surface area contributed by atoms with Crippen molar-refractivity contribution in [1.82, 2.24) is 0 Å². The molecule has 0 heterocycles. The van der Waals surface area contributed by atoms with Gasteiger partial charge in [0.1, 0.15) is 5.82 Å². The van der Waals surface area contributed by atoms with Crippen LogP contribution in [-0.2, 0) is 5.54 Å². The molecule has 112 valence electrons. The van der Waals surface area contributed by atoms with Crippen LogP contribution in [-0.4, -0.2) is 11.7 Å². The molecule has 0 radical (unpaired) electrons. The van der Waals surface area contributed by atoms with Gasteiger partial charge in [0.15, 0.2) is 0 Å². The van der Waals surface area contributed by atoms with Crippen LogP contribution in [0.5, 0.6) is 0 Å². The minimum absolute atomic E-state index is 0.102. The number of nitrogens with one attached hydrogen (secondary N) is 1. The summed E-state index contributed by atoms with van der Waals surface area (Å²) in [6, 6.07) is 11.6. The van der Waals surface area contributed by atoms with Gasteiger partial charge in [-0.15, -0.1) is 0 Å². The number of halogens is 3. The van der Waals surface area contributed by atoms with Crippen LogP contribution in [0.2, 0.25) is 5.02 Å². The zero-order chi connectivity index (χ0) is 15.5. The van der Waals surface area contributed by atoms with Crippen molar-refractivity contribution in [3.8, 4) is 0 Å². The number of anilines is 1. The predicted octanol–water partition coefficient (Wildman–Crippen LogP) is 4.95. The lowest BCUT2D eigenvalue weighted by atomic mass is 9.87. The molecule has 2 aromatic carbocycles. The van der Waals surface area contributed by atoms with E-state index in [1.54, 1.807) is 18.2 Å². The first kappa shape index (κ1) is 16.3. The fourth-order valence-corrected chi connectivity index (χ4v) is 2.72. The summed E-state index contributed by atoms with van der Waals surface area (Å²) in [5.41, 5.74) is 0.993. The van der Waals surface area contributed by atoms with Crippen LogP contribution >= 0.6 is 27.5 Å². The van der Waals surface area contributed by atoms with E-state index in [1.807, 2.05) is 19.1 Å². The van der Waals surface area contributed by atoms with Crippen LogP contribution in [0.1, 0.15) is 18.9 Å². The van der Waals surface area contributed by atoms with Gasteiger partial charge >= 0.3 is 0 Å². The number of benzene rings is 2. The van der Waals surface area contributed by atoms with E-state index < -0.39 is 5.54 Å². The Morgan fingerprint density at radius 2 is 1.90 bits per heavy atom. The van der Waals surface area contributed by atoms with Crippen molar-refractivity contribution in [3.05, 3.63) is 63.3 Å². The zero-order valence-corrected chi connectivity index (χ0v) is 13.9. The first-order chi connectivity index (χ1) is 10.0. The summed E-state index contributed by atoms with van der Waals surface area (Å²) >= 11 is 9.37. The van der Waals surface area contributed by atoms with Gasteiger partial charge in [-0.05, 0) is 58.2 Å². The number of aliphatic hydroxyl groups is 1. The molecule has 0 amide bonds. The molecule has 0 spiro atoms. The minimum atomic E-state index is -0.666. The lowest BCUT2D eigenvalue weighted by molar-refractivity contribution is 0.207. The van der Waals surface area contributed by atoms with E-state index in [-0.39, 0.29) is 12.4 Å². The molecule has 21 heavy (non-hydrogen) atoms. The molecule has 1 unspecified atom stereocenters. The summed E-state index contributed by atoms with van der Waals surface area (Å²) in [4.78, 5) is 0. The third kappa shape index (κ3) is 3.57. The first-order valence-electron chi connectivity index (χ1n) is 6.61. The zero-order valence-electron chi connectivity index (χ0n) is 11.5. The third-order valence-corrected chi connectivity index (χ3v) is 4.79. The monoisotopic (exact) mass is 371 g/mol. The smallest absolute Gasteiger partial charge is 0.123 e. The Balaban J connectivity index is 2.37. The van der Waals surface area contributed by atoms with E-state index in [1.165, 1.54) is 12.1 Å². The summed E-state index contributed by atoms with van der Waals surface area (Å²) in [5.74, 6) is -0.295. The van der Waals surface area contributed by atoms with Crippen molar-refractivity contribution in [2.24, 2.45) is 0 Å². The molecular weight excluding hydrogens is 357 g/mol. The molecule has 0 aromatic heterocycles. The molecule has 2 aromatic rings. The third-order valence-electron chi connectivity index (χ3n) is 3.57. The van der Waals surface area contributed by atoms with Gasteiger partial charge in [-0.3, -0.25) is 0 Å². The van der Waals surface area contributed by atoms with Gasteiger partial charge in [0.05, 0.1) is 17.2 Å². The fourth-order valence-electron chi connectivity index (χ4n) is 2.23. The Bertz CT molecular complexity index is 614. The topological polar surface area (TPSA) is 32.3 Å². The first-order valence-corrected chi connectivity index (χ1v) is 7.78. The molecule has 2 N–H and O–H groups in total. The molecule has 0 fully saturated rings. The van der Waals surface area contributed by atoms with Gasteiger partial charge in [0.2, 0.25) is 0 Å². The average molecular weight is 373 g/mol. The highest BCUT2D eigenvalue weighted by Gasteiger charge is 2.29.